The lowest BCUT2D eigenvalue weighted by atomic mass is 10.1. The highest BCUT2D eigenvalue weighted by Gasteiger charge is 2.12. The number of amides is 1. The highest BCUT2D eigenvalue weighted by Crippen LogP contribution is 2.20. The van der Waals surface area contributed by atoms with Gasteiger partial charge in [-0.2, -0.15) is 4.98 Å². The Hall–Kier alpha value is -2.67. The molecule has 0 aliphatic carbocycles. The van der Waals surface area contributed by atoms with Crippen LogP contribution in [0, 0.1) is 0 Å². The summed E-state index contributed by atoms with van der Waals surface area (Å²) in [5, 5.41) is 11.5. The molecule has 0 saturated carbocycles. The Morgan fingerprint density at radius 3 is 2.68 bits per heavy atom. The Balaban J connectivity index is 2.33. The average molecular weight is 303 g/mol. The summed E-state index contributed by atoms with van der Waals surface area (Å²) in [6, 6.07) is 8.06. The smallest absolute Gasteiger partial charge is 0.346 e. The minimum atomic E-state index is -0.616. The number of ether oxygens (including phenoxy) is 1. The number of hydrogen-bond acceptors (Lipinski definition) is 5. The number of nitrogens with zero attached hydrogens (tertiary/aromatic N) is 1. The molecule has 1 amide bonds. The van der Waals surface area contributed by atoms with Crippen molar-refractivity contribution < 1.29 is 14.6 Å². The first-order valence-electron chi connectivity index (χ1n) is 6.71. The van der Waals surface area contributed by atoms with Gasteiger partial charge in [-0.15, -0.1) is 0 Å². The van der Waals surface area contributed by atoms with Crippen LogP contribution in [0.1, 0.15) is 17.4 Å². The van der Waals surface area contributed by atoms with Crippen LogP contribution in [0.5, 0.6) is 5.75 Å². The Morgan fingerprint density at radius 2 is 2.09 bits per heavy atom. The van der Waals surface area contributed by atoms with E-state index in [0.29, 0.717) is 17.0 Å². The van der Waals surface area contributed by atoms with Crippen LogP contribution < -0.4 is 15.7 Å². The number of H-pyrrole nitrogens is 1. The van der Waals surface area contributed by atoms with Crippen LogP contribution in [0.25, 0.3) is 11.3 Å². The monoisotopic (exact) mass is 303 g/mol. The number of methoxy groups -OCH3 is 1. The van der Waals surface area contributed by atoms with Crippen LogP contribution in [0.2, 0.25) is 0 Å². The molecule has 2 aromatic rings. The van der Waals surface area contributed by atoms with E-state index in [1.807, 2.05) is 0 Å². The highest BCUT2D eigenvalue weighted by molar-refractivity contribution is 5.93. The zero-order valence-corrected chi connectivity index (χ0v) is 12.3. The van der Waals surface area contributed by atoms with Crippen LogP contribution in [0.4, 0.5) is 0 Å². The van der Waals surface area contributed by atoms with Gasteiger partial charge in [0.1, 0.15) is 11.4 Å². The molecule has 1 heterocycles. The molecule has 116 valence electrons. The molecule has 0 aliphatic rings. The highest BCUT2D eigenvalue weighted by atomic mass is 16.5. The van der Waals surface area contributed by atoms with Crippen molar-refractivity contribution in [3.63, 3.8) is 0 Å². The minimum Gasteiger partial charge on any atom is -0.497 e. The lowest BCUT2D eigenvalue weighted by molar-refractivity contribution is 0.0917. The summed E-state index contributed by atoms with van der Waals surface area (Å²) in [6.45, 7) is 1.47. The molecule has 0 spiro atoms. The van der Waals surface area contributed by atoms with E-state index in [9.17, 15) is 9.59 Å². The summed E-state index contributed by atoms with van der Waals surface area (Å²) in [4.78, 5) is 29.9. The molecule has 0 aliphatic heterocycles. The van der Waals surface area contributed by atoms with E-state index in [1.165, 1.54) is 6.07 Å². The first kappa shape index (κ1) is 15.7. The van der Waals surface area contributed by atoms with Gasteiger partial charge in [0.2, 0.25) is 0 Å². The predicted molar refractivity (Wildman–Crippen MR) is 80.9 cm³/mol. The maximum atomic E-state index is 12.0. The third kappa shape index (κ3) is 3.70. The fourth-order valence-corrected chi connectivity index (χ4v) is 1.84. The largest absolute Gasteiger partial charge is 0.497 e. The molecule has 0 fully saturated rings. The summed E-state index contributed by atoms with van der Waals surface area (Å²) in [6.07, 6.45) is 0. The van der Waals surface area contributed by atoms with Gasteiger partial charge in [-0.1, -0.05) is 0 Å². The Bertz CT molecular complexity index is 709. The number of aliphatic hydroxyl groups is 1. The van der Waals surface area contributed by atoms with Crippen molar-refractivity contribution in [1.29, 1.82) is 0 Å². The van der Waals surface area contributed by atoms with Crippen molar-refractivity contribution in [3.8, 4) is 17.0 Å². The van der Waals surface area contributed by atoms with Crippen molar-refractivity contribution in [2.75, 3.05) is 13.7 Å². The average Bonchev–Trinajstić information content (AvgIpc) is 2.54. The maximum Gasteiger partial charge on any atom is 0.346 e. The van der Waals surface area contributed by atoms with Gasteiger partial charge in [-0.3, -0.25) is 4.79 Å². The molecule has 0 bridgehead atoms. The van der Waals surface area contributed by atoms with Crippen LogP contribution in [-0.4, -0.2) is 40.7 Å². The van der Waals surface area contributed by atoms with Gasteiger partial charge in [-0.05, 0) is 37.3 Å². The van der Waals surface area contributed by atoms with Crippen molar-refractivity contribution in [2.24, 2.45) is 0 Å². The quantitative estimate of drug-likeness (QED) is 0.748. The van der Waals surface area contributed by atoms with Gasteiger partial charge in [0, 0.05) is 11.6 Å². The fourth-order valence-electron chi connectivity index (χ4n) is 1.84. The van der Waals surface area contributed by atoms with Crippen LogP contribution in [-0.2, 0) is 0 Å². The van der Waals surface area contributed by atoms with E-state index < -0.39 is 17.6 Å². The Labute approximate surface area is 127 Å². The molecule has 1 atom stereocenters. The van der Waals surface area contributed by atoms with Gasteiger partial charge in [0.05, 0.1) is 19.4 Å². The number of carbonyl (C=O) groups is 1. The van der Waals surface area contributed by atoms with Crippen molar-refractivity contribution in [2.45, 2.75) is 13.0 Å². The van der Waals surface area contributed by atoms with Crippen molar-refractivity contribution in [1.82, 2.24) is 15.3 Å². The van der Waals surface area contributed by atoms with Crippen LogP contribution in [0.3, 0.4) is 0 Å². The van der Waals surface area contributed by atoms with E-state index >= 15 is 0 Å². The van der Waals surface area contributed by atoms with Gasteiger partial charge >= 0.3 is 5.69 Å². The van der Waals surface area contributed by atoms with Gasteiger partial charge in [0.15, 0.2) is 0 Å². The molecule has 1 aromatic heterocycles. The number of benzene rings is 1. The topological polar surface area (TPSA) is 104 Å². The Kier molecular flexibility index (Phi) is 4.90. The standard InChI is InChI=1S/C15H17N3O4/c1-9(8-19)16-14(20)13-7-12(17-15(21)18-13)10-3-5-11(22-2)6-4-10/h3-7,9,19H,8H2,1-2H3,(H,16,20)(H,17,18,21)/t9-/m0/s1. The number of aliphatic hydroxyl groups excluding tert-OH is 1. The molecule has 3 N–H and O–H groups in total. The van der Waals surface area contributed by atoms with E-state index in [1.54, 1.807) is 38.3 Å². The number of nitrogens with one attached hydrogen (secondary N) is 2. The minimum absolute atomic E-state index is 0.0890. The third-order valence-electron chi connectivity index (χ3n) is 3.03. The molecular weight excluding hydrogens is 286 g/mol. The predicted octanol–water partition coefficient (Wildman–Crippen LogP) is 0.556. The molecule has 2 rings (SSSR count). The zero-order chi connectivity index (χ0) is 16.1. The molecular formula is C15H17N3O4. The second-order valence-corrected chi connectivity index (χ2v) is 4.77. The number of aromatic amines is 1. The second-order valence-electron chi connectivity index (χ2n) is 4.77. The first-order valence-corrected chi connectivity index (χ1v) is 6.71. The number of aromatic nitrogens is 2. The van der Waals surface area contributed by atoms with E-state index in [2.05, 4.69) is 15.3 Å². The third-order valence-corrected chi connectivity index (χ3v) is 3.03. The molecule has 1 aromatic carbocycles. The van der Waals surface area contributed by atoms with Crippen molar-refractivity contribution >= 4 is 5.91 Å². The normalized spacial score (nSPS) is 11.8. The van der Waals surface area contributed by atoms with E-state index in [4.69, 9.17) is 9.84 Å². The summed E-state index contributed by atoms with van der Waals surface area (Å²) < 4.78 is 5.07. The van der Waals surface area contributed by atoms with Gasteiger partial charge in [-0.25, -0.2) is 4.79 Å². The van der Waals surface area contributed by atoms with Crippen LogP contribution >= 0.6 is 0 Å². The first-order chi connectivity index (χ1) is 10.5. The summed E-state index contributed by atoms with van der Waals surface area (Å²) in [7, 11) is 1.56. The van der Waals surface area contributed by atoms with Gasteiger partial charge in [0.25, 0.3) is 5.91 Å². The van der Waals surface area contributed by atoms with Crippen molar-refractivity contribution in [3.05, 3.63) is 46.5 Å². The van der Waals surface area contributed by atoms with E-state index in [-0.39, 0.29) is 12.3 Å². The van der Waals surface area contributed by atoms with Gasteiger partial charge < -0.3 is 20.1 Å². The zero-order valence-electron chi connectivity index (χ0n) is 12.3. The SMILES string of the molecule is COc1ccc(-c2cc(C(=O)N[C@@H](C)CO)[nH]c(=O)n2)cc1. The number of carbonyl (C=O) groups excluding carboxylic acids is 1. The molecule has 0 unspecified atom stereocenters. The van der Waals surface area contributed by atoms with Crippen LogP contribution in [0.15, 0.2) is 35.1 Å². The summed E-state index contributed by atoms with van der Waals surface area (Å²) >= 11 is 0. The lowest BCUT2D eigenvalue weighted by Crippen LogP contribution is -2.36. The Morgan fingerprint density at radius 1 is 1.41 bits per heavy atom. The maximum absolute atomic E-state index is 12.0. The molecule has 0 radical (unpaired) electrons. The number of rotatable bonds is 5. The van der Waals surface area contributed by atoms with E-state index in [0.717, 1.165) is 0 Å². The summed E-state index contributed by atoms with van der Waals surface area (Å²) in [5.74, 6) is 0.208. The summed E-state index contributed by atoms with van der Waals surface area (Å²) in [5.41, 5.74) is 0.547. The molecule has 7 heteroatoms. The second kappa shape index (κ2) is 6.86. The lowest BCUT2D eigenvalue weighted by Gasteiger charge is -2.11. The molecule has 0 saturated heterocycles. The molecule has 7 nitrogen and oxygen atoms in total. The number of hydrogen-bond donors (Lipinski definition) is 3. The molecule has 22 heavy (non-hydrogen) atoms. The fraction of sp³-hybridized carbons (Fsp3) is 0.267.